The highest BCUT2D eigenvalue weighted by atomic mass is 16.5. The van der Waals surface area contributed by atoms with Crippen molar-refractivity contribution in [1.29, 1.82) is 0 Å². The van der Waals surface area contributed by atoms with Crippen molar-refractivity contribution in [2.45, 2.75) is 51.5 Å². The molecule has 1 heterocycles. The first-order valence-corrected chi connectivity index (χ1v) is 9.14. The Kier molecular flexibility index (Phi) is 5.45. The molecule has 1 aliphatic carbocycles. The van der Waals surface area contributed by atoms with Gasteiger partial charge in [-0.25, -0.2) is 4.79 Å². The smallest absolute Gasteiger partial charge is 0.339 e. The van der Waals surface area contributed by atoms with Crippen LogP contribution in [0.2, 0.25) is 0 Å². The number of ether oxygens (including phenoxy) is 1. The van der Waals surface area contributed by atoms with Gasteiger partial charge >= 0.3 is 5.97 Å². The molecule has 1 aromatic heterocycles. The molecule has 1 saturated carbocycles. The van der Waals surface area contributed by atoms with Gasteiger partial charge < -0.3 is 15.0 Å². The zero-order valence-electron chi connectivity index (χ0n) is 15.6. The van der Waals surface area contributed by atoms with Crippen molar-refractivity contribution in [1.82, 2.24) is 10.3 Å². The number of methoxy groups -OCH3 is 1. The number of carbonyl (C=O) groups excluding carboxylic acids is 2. The van der Waals surface area contributed by atoms with Gasteiger partial charge in [0.1, 0.15) is 5.69 Å². The van der Waals surface area contributed by atoms with E-state index in [4.69, 9.17) is 4.74 Å². The summed E-state index contributed by atoms with van der Waals surface area (Å²) in [5.74, 6) is 0.00679. The van der Waals surface area contributed by atoms with E-state index in [0.717, 1.165) is 25.7 Å². The van der Waals surface area contributed by atoms with Crippen molar-refractivity contribution in [2.24, 2.45) is 0 Å². The maximum absolute atomic E-state index is 12.7. The van der Waals surface area contributed by atoms with Gasteiger partial charge in [0.05, 0.1) is 12.7 Å². The molecule has 2 N–H and O–H groups in total. The molecule has 1 amide bonds. The number of nitrogens with one attached hydrogen (secondary N) is 2. The molecule has 5 heteroatoms. The first kappa shape index (κ1) is 18.2. The number of H-pyrrole nitrogens is 1. The van der Waals surface area contributed by atoms with Gasteiger partial charge in [-0.1, -0.05) is 30.3 Å². The number of benzene rings is 1. The van der Waals surface area contributed by atoms with Crippen molar-refractivity contribution in [3.63, 3.8) is 0 Å². The number of aryl methyl sites for hydroxylation is 1. The molecule has 0 atom stereocenters. The van der Waals surface area contributed by atoms with E-state index in [0.29, 0.717) is 28.4 Å². The van der Waals surface area contributed by atoms with E-state index in [1.807, 2.05) is 6.07 Å². The Hall–Kier alpha value is -2.56. The van der Waals surface area contributed by atoms with Gasteiger partial charge in [0, 0.05) is 11.7 Å². The molecule has 3 rings (SSSR count). The average molecular weight is 354 g/mol. The molecule has 0 bridgehead atoms. The maximum Gasteiger partial charge on any atom is 0.339 e. The minimum atomic E-state index is -0.418. The molecule has 0 unspecified atom stereocenters. The third-order valence-electron chi connectivity index (χ3n) is 5.39. The molecular weight excluding hydrogens is 328 g/mol. The van der Waals surface area contributed by atoms with Crippen LogP contribution in [0.3, 0.4) is 0 Å². The maximum atomic E-state index is 12.7. The first-order valence-electron chi connectivity index (χ1n) is 9.14. The second kappa shape index (κ2) is 7.77. The van der Waals surface area contributed by atoms with Gasteiger partial charge in [-0.15, -0.1) is 0 Å². The number of hydrogen-bond acceptors (Lipinski definition) is 3. The largest absolute Gasteiger partial charge is 0.465 e. The number of rotatable bonds is 4. The quantitative estimate of drug-likeness (QED) is 0.819. The van der Waals surface area contributed by atoms with Crippen LogP contribution in [0.15, 0.2) is 30.3 Å². The van der Waals surface area contributed by atoms with Gasteiger partial charge in [0.2, 0.25) is 0 Å². The van der Waals surface area contributed by atoms with Crippen molar-refractivity contribution >= 4 is 11.9 Å². The van der Waals surface area contributed by atoms with Crippen molar-refractivity contribution in [3.05, 3.63) is 58.4 Å². The second-order valence-corrected chi connectivity index (χ2v) is 7.05. The van der Waals surface area contributed by atoms with Crippen molar-refractivity contribution < 1.29 is 14.3 Å². The van der Waals surface area contributed by atoms with E-state index in [-0.39, 0.29) is 11.9 Å². The molecule has 138 valence electrons. The predicted molar refractivity (Wildman–Crippen MR) is 101 cm³/mol. The highest BCUT2D eigenvalue weighted by molar-refractivity contribution is 6.00. The topological polar surface area (TPSA) is 71.2 Å². The van der Waals surface area contributed by atoms with Crippen molar-refractivity contribution in [2.75, 3.05) is 7.11 Å². The van der Waals surface area contributed by atoms with Gasteiger partial charge in [-0.2, -0.15) is 0 Å². The summed E-state index contributed by atoms with van der Waals surface area (Å²) in [7, 11) is 1.35. The SMILES string of the molecule is COC(=O)c1c(C)[nH]c(C(=O)NC2CCC(c3ccccc3)CC2)c1C. The van der Waals surface area contributed by atoms with Crippen LogP contribution in [0.1, 0.15) is 69.3 Å². The minimum Gasteiger partial charge on any atom is -0.465 e. The third-order valence-corrected chi connectivity index (χ3v) is 5.39. The van der Waals surface area contributed by atoms with Crippen LogP contribution >= 0.6 is 0 Å². The van der Waals surface area contributed by atoms with Gasteiger partial charge in [-0.05, 0) is 56.6 Å². The number of aromatic amines is 1. The molecule has 1 fully saturated rings. The fourth-order valence-corrected chi connectivity index (χ4v) is 3.94. The lowest BCUT2D eigenvalue weighted by molar-refractivity contribution is 0.0599. The van der Waals surface area contributed by atoms with E-state index in [9.17, 15) is 9.59 Å². The standard InChI is InChI=1S/C21H26N2O3/c1-13-18(21(25)26-3)14(2)22-19(13)20(24)23-17-11-9-16(10-12-17)15-7-5-4-6-8-15/h4-8,16-17,22H,9-12H2,1-3H3,(H,23,24). The van der Waals surface area contributed by atoms with E-state index in [1.165, 1.54) is 12.7 Å². The number of esters is 1. The lowest BCUT2D eigenvalue weighted by Gasteiger charge is -2.29. The highest BCUT2D eigenvalue weighted by Crippen LogP contribution is 2.32. The average Bonchev–Trinajstić information content (AvgIpc) is 2.97. The number of hydrogen-bond donors (Lipinski definition) is 2. The molecule has 26 heavy (non-hydrogen) atoms. The Morgan fingerprint density at radius 2 is 1.73 bits per heavy atom. The molecule has 0 aliphatic heterocycles. The Morgan fingerprint density at radius 1 is 1.08 bits per heavy atom. The molecule has 5 nitrogen and oxygen atoms in total. The second-order valence-electron chi connectivity index (χ2n) is 7.05. The van der Waals surface area contributed by atoms with E-state index in [2.05, 4.69) is 34.6 Å². The normalized spacial score (nSPS) is 19.8. The number of amides is 1. The fraction of sp³-hybridized carbons (Fsp3) is 0.429. The number of aromatic nitrogens is 1. The van der Waals surface area contributed by atoms with Gasteiger partial charge in [0.25, 0.3) is 5.91 Å². The summed E-state index contributed by atoms with van der Waals surface area (Å²) in [6, 6.07) is 10.7. The fourth-order valence-electron chi connectivity index (χ4n) is 3.94. The highest BCUT2D eigenvalue weighted by Gasteiger charge is 2.26. The summed E-state index contributed by atoms with van der Waals surface area (Å²) in [4.78, 5) is 27.6. The minimum absolute atomic E-state index is 0.149. The Morgan fingerprint density at radius 3 is 2.35 bits per heavy atom. The van der Waals surface area contributed by atoms with Crippen LogP contribution in [0.4, 0.5) is 0 Å². The molecule has 2 aromatic rings. The van der Waals surface area contributed by atoms with E-state index in [1.54, 1.807) is 13.8 Å². The van der Waals surface area contributed by atoms with Crippen LogP contribution in [-0.4, -0.2) is 30.0 Å². The number of carbonyl (C=O) groups is 2. The summed E-state index contributed by atoms with van der Waals surface area (Å²) in [6.45, 7) is 3.55. The molecule has 1 aromatic carbocycles. The van der Waals surface area contributed by atoms with E-state index < -0.39 is 5.97 Å². The Bertz CT molecular complexity index is 787. The van der Waals surface area contributed by atoms with Crippen molar-refractivity contribution in [3.8, 4) is 0 Å². The van der Waals surface area contributed by atoms with E-state index >= 15 is 0 Å². The molecule has 0 saturated heterocycles. The lowest BCUT2D eigenvalue weighted by Crippen LogP contribution is -2.37. The molecule has 0 spiro atoms. The summed E-state index contributed by atoms with van der Waals surface area (Å²) < 4.78 is 4.80. The zero-order chi connectivity index (χ0) is 18.7. The van der Waals surface area contributed by atoms with Crippen LogP contribution < -0.4 is 5.32 Å². The zero-order valence-corrected chi connectivity index (χ0v) is 15.6. The summed E-state index contributed by atoms with van der Waals surface area (Å²) in [5, 5.41) is 3.12. The van der Waals surface area contributed by atoms with Crippen LogP contribution in [0, 0.1) is 13.8 Å². The van der Waals surface area contributed by atoms with Crippen LogP contribution in [0.25, 0.3) is 0 Å². The Balaban J connectivity index is 1.62. The summed E-state index contributed by atoms with van der Waals surface area (Å²) >= 11 is 0. The van der Waals surface area contributed by atoms with Crippen LogP contribution in [0.5, 0.6) is 0 Å². The van der Waals surface area contributed by atoms with Gasteiger partial charge in [0.15, 0.2) is 0 Å². The summed E-state index contributed by atoms with van der Waals surface area (Å²) in [6.07, 6.45) is 4.08. The van der Waals surface area contributed by atoms with Gasteiger partial charge in [-0.3, -0.25) is 4.79 Å². The molecule has 1 aliphatic rings. The third kappa shape index (κ3) is 3.66. The molecule has 0 radical (unpaired) electrons. The Labute approximate surface area is 154 Å². The van der Waals surface area contributed by atoms with Crippen LogP contribution in [-0.2, 0) is 4.74 Å². The summed E-state index contributed by atoms with van der Waals surface area (Å²) in [5.41, 5.74) is 3.59. The predicted octanol–water partition coefficient (Wildman–Crippen LogP) is 3.87. The monoisotopic (exact) mass is 354 g/mol. The lowest BCUT2D eigenvalue weighted by atomic mass is 9.82. The first-order chi connectivity index (χ1) is 12.5. The molecular formula is C21H26N2O3.